The molecule has 2 N–H and O–H groups in total. The number of hydrogen-bond donors (Lipinski definition) is 2. The highest BCUT2D eigenvalue weighted by Crippen LogP contribution is 2.44. The van der Waals surface area contributed by atoms with Crippen LogP contribution in [0.25, 0.3) is 10.9 Å². The number of para-hydroxylation sites is 1. The summed E-state index contributed by atoms with van der Waals surface area (Å²) in [5.74, 6) is 1.44. The van der Waals surface area contributed by atoms with E-state index in [9.17, 15) is 9.90 Å². The first-order chi connectivity index (χ1) is 9.74. The van der Waals surface area contributed by atoms with E-state index >= 15 is 0 Å². The summed E-state index contributed by atoms with van der Waals surface area (Å²) in [5.41, 5.74) is 2.04. The molecule has 0 bridgehead atoms. The molecule has 1 aliphatic heterocycles. The fourth-order valence-corrected chi connectivity index (χ4v) is 4.35. The van der Waals surface area contributed by atoms with Crippen molar-refractivity contribution in [3.05, 3.63) is 29.8 Å². The number of fused-ring (bicyclic) bond motifs is 3. The minimum atomic E-state index is -0.885. The van der Waals surface area contributed by atoms with Gasteiger partial charge in [0.05, 0.1) is 10.5 Å². The van der Waals surface area contributed by atoms with Crippen molar-refractivity contribution in [2.45, 2.75) is 23.8 Å². The van der Waals surface area contributed by atoms with Crippen LogP contribution in [0.5, 0.6) is 0 Å². The number of rotatable bonds is 3. The lowest BCUT2D eigenvalue weighted by Crippen LogP contribution is -2.17. The Kier molecular flexibility index (Phi) is 3.72. The lowest BCUT2D eigenvalue weighted by molar-refractivity contribution is 0.195. The third kappa shape index (κ3) is 2.11. The van der Waals surface area contributed by atoms with Crippen LogP contribution in [0, 0.1) is 0 Å². The number of hydrogen-bond acceptors (Lipinski definition) is 3. The molecular weight excluding hydrogens is 272 g/mol. The first kappa shape index (κ1) is 13.5. The van der Waals surface area contributed by atoms with E-state index in [1.807, 2.05) is 31.3 Å². The first-order valence-electron chi connectivity index (χ1n) is 6.88. The zero-order valence-corrected chi connectivity index (χ0v) is 12.2. The van der Waals surface area contributed by atoms with Gasteiger partial charge in [-0.25, -0.2) is 9.36 Å². The van der Waals surface area contributed by atoms with Crippen molar-refractivity contribution in [1.82, 2.24) is 9.88 Å². The Morgan fingerprint density at radius 2 is 2.30 bits per heavy atom. The smallest absolute Gasteiger partial charge is 0.416 e. The number of benzene rings is 1. The third-order valence-corrected chi connectivity index (χ3v) is 5.03. The minimum Gasteiger partial charge on any atom is -0.464 e. The van der Waals surface area contributed by atoms with Gasteiger partial charge in [-0.2, -0.15) is 0 Å². The van der Waals surface area contributed by atoms with E-state index in [2.05, 4.69) is 5.32 Å². The van der Waals surface area contributed by atoms with E-state index in [1.165, 1.54) is 10.1 Å². The van der Waals surface area contributed by atoms with Crippen molar-refractivity contribution in [2.75, 3.05) is 19.3 Å². The molecule has 1 atom stereocenters. The van der Waals surface area contributed by atoms with E-state index in [0.29, 0.717) is 5.92 Å². The van der Waals surface area contributed by atoms with Crippen LogP contribution in [0.1, 0.15) is 24.3 Å². The molecule has 0 spiro atoms. The molecule has 0 radical (unpaired) electrons. The first-order valence-corrected chi connectivity index (χ1v) is 7.86. The molecule has 0 aliphatic carbocycles. The average Bonchev–Trinajstić information content (AvgIpc) is 2.80. The Bertz CT molecular complexity index is 651. The molecule has 2 aromatic rings. The second kappa shape index (κ2) is 5.50. The van der Waals surface area contributed by atoms with Crippen molar-refractivity contribution in [3.8, 4) is 0 Å². The molecule has 0 saturated carbocycles. The number of carboxylic acid groups (broad SMARTS) is 1. The summed E-state index contributed by atoms with van der Waals surface area (Å²) in [6.45, 7) is 0.960. The standard InChI is InChI=1S/C15H18N2O2S/c1-16-8-6-10-7-9-20-14-13(10)11-4-2-3-5-12(11)17(14)15(18)19/h2-5,10,16H,6-9H2,1H3,(H,18,19). The van der Waals surface area contributed by atoms with E-state index in [1.54, 1.807) is 11.8 Å². The Morgan fingerprint density at radius 1 is 1.50 bits per heavy atom. The van der Waals surface area contributed by atoms with Gasteiger partial charge in [-0.3, -0.25) is 0 Å². The minimum absolute atomic E-state index is 0.448. The van der Waals surface area contributed by atoms with Crippen LogP contribution in [-0.2, 0) is 0 Å². The molecule has 0 fully saturated rings. The Hall–Kier alpha value is -1.46. The lowest BCUT2D eigenvalue weighted by Gasteiger charge is -2.23. The highest BCUT2D eigenvalue weighted by atomic mass is 32.2. The Balaban J connectivity index is 2.20. The molecular formula is C15H18N2O2S. The monoisotopic (exact) mass is 290 g/mol. The molecule has 0 saturated heterocycles. The number of aromatic nitrogens is 1. The van der Waals surface area contributed by atoms with Gasteiger partial charge in [0.15, 0.2) is 0 Å². The second-order valence-electron chi connectivity index (χ2n) is 5.08. The number of thioether (sulfide) groups is 1. The van der Waals surface area contributed by atoms with Crippen LogP contribution in [-0.4, -0.2) is 35.1 Å². The average molecular weight is 290 g/mol. The summed E-state index contributed by atoms with van der Waals surface area (Å²) in [4.78, 5) is 11.6. The van der Waals surface area contributed by atoms with Crippen molar-refractivity contribution < 1.29 is 9.90 Å². The van der Waals surface area contributed by atoms with Crippen molar-refractivity contribution in [2.24, 2.45) is 0 Å². The fraction of sp³-hybridized carbons (Fsp3) is 0.400. The predicted octanol–water partition coefficient (Wildman–Crippen LogP) is 3.36. The lowest BCUT2D eigenvalue weighted by atomic mass is 9.92. The largest absolute Gasteiger partial charge is 0.464 e. The molecule has 1 aromatic carbocycles. The zero-order chi connectivity index (χ0) is 14.1. The summed E-state index contributed by atoms with van der Waals surface area (Å²) >= 11 is 1.67. The van der Waals surface area contributed by atoms with Crippen LogP contribution in [0.4, 0.5) is 4.79 Å². The predicted molar refractivity (Wildman–Crippen MR) is 82.0 cm³/mol. The second-order valence-corrected chi connectivity index (χ2v) is 6.16. The van der Waals surface area contributed by atoms with Crippen LogP contribution in [0.2, 0.25) is 0 Å². The number of nitrogens with zero attached hydrogens (tertiary/aromatic N) is 1. The number of carbonyl (C=O) groups is 1. The van der Waals surface area contributed by atoms with Gasteiger partial charge in [0, 0.05) is 11.1 Å². The molecule has 0 amide bonds. The summed E-state index contributed by atoms with van der Waals surface area (Å²) in [6, 6.07) is 7.84. The Morgan fingerprint density at radius 3 is 3.05 bits per heavy atom. The molecule has 1 aromatic heterocycles. The molecule has 20 heavy (non-hydrogen) atoms. The quantitative estimate of drug-likeness (QED) is 0.910. The van der Waals surface area contributed by atoms with Gasteiger partial charge in [-0.05, 0) is 44.0 Å². The van der Waals surface area contributed by atoms with Crippen LogP contribution < -0.4 is 5.32 Å². The summed E-state index contributed by atoms with van der Waals surface area (Å²) in [5, 5.41) is 14.7. The highest BCUT2D eigenvalue weighted by Gasteiger charge is 2.29. The highest BCUT2D eigenvalue weighted by molar-refractivity contribution is 7.99. The van der Waals surface area contributed by atoms with Gasteiger partial charge >= 0.3 is 6.09 Å². The topological polar surface area (TPSA) is 54.3 Å². The molecule has 2 heterocycles. The molecule has 5 heteroatoms. The molecule has 4 nitrogen and oxygen atoms in total. The number of nitrogens with one attached hydrogen (secondary N) is 1. The van der Waals surface area contributed by atoms with Gasteiger partial charge in [0.1, 0.15) is 0 Å². The van der Waals surface area contributed by atoms with E-state index < -0.39 is 6.09 Å². The fourth-order valence-electron chi connectivity index (χ4n) is 3.02. The van der Waals surface area contributed by atoms with Crippen molar-refractivity contribution >= 4 is 28.8 Å². The van der Waals surface area contributed by atoms with E-state index in [4.69, 9.17) is 0 Å². The summed E-state index contributed by atoms with van der Waals surface area (Å²) in [7, 11) is 1.96. The maximum absolute atomic E-state index is 11.6. The summed E-state index contributed by atoms with van der Waals surface area (Å²) < 4.78 is 1.46. The molecule has 106 valence electrons. The van der Waals surface area contributed by atoms with Gasteiger partial charge in [-0.15, -0.1) is 11.8 Å². The van der Waals surface area contributed by atoms with E-state index in [-0.39, 0.29) is 0 Å². The van der Waals surface area contributed by atoms with Gasteiger partial charge < -0.3 is 10.4 Å². The summed E-state index contributed by atoms with van der Waals surface area (Å²) in [6.07, 6.45) is 1.29. The zero-order valence-electron chi connectivity index (χ0n) is 11.4. The van der Waals surface area contributed by atoms with Gasteiger partial charge in [-0.1, -0.05) is 18.2 Å². The van der Waals surface area contributed by atoms with Crippen LogP contribution >= 0.6 is 11.8 Å². The van der Waals surface area contributed by atoms with E-state index in [0.717, 1.165) is 41.1 Å². The molecule has 1 aliphatic rings. The molecule has 1 unspecified atom stereocenters. The van der Waals surface area contributed by atoms with Crippen LogP contribution in [0.3, 0.4) is 0 Å². The third-order valence-electron chi connectivity index (χ3n) is 3.92. The maximum atomic E-state index is 11.6. The van der Waals surface area contributed by atoms with Crippen molar-refractivity contribution in [1.29, 1.82) is 0 Å². The van der Waals surface area contributed by atoms with Gasteiger partial charge in [0.2, 0.25) is 0 Å². The normalized spacial score (nSPS) is 18.1. The van der Waals surface area contributed by atoms with Crippen LogP contribution in [0.15, 0.2) is 29.3 Å². The molecule has 3 rings (SSSR count). The maximum Gasteiger partial charge on any atom is 0.416 e. The SMILES string of the molecule is CNCCC1CCSc2c1c1ccccc1n2C(=O)O. The Labute approximate surface area is 122 Å². The van der Waals surface area contributed by atoms with Gasteiger partial charge in [0.25, 0.3) is 0 Å². The van der Waals surface area contributed by atoms with Crippen molar-refractivity contribution in [3.63, 3.8) is 0 Å².